The van der Waals surface area contributed by atoms with Gasteiger partial charge in [-0.05, 0) is 48.7 Å². The van der Waals surface area contributed by atoms with Crippen molar-refractivity contribution in [1.29, 1.82) is 0 Å². The lowest BCUT2D eigenvalue weighted by Gasteiger charge is -2.41. The van der Waals surface area contributed by atoms with E-state index >= 15 is 0 Å². The zero-order valence-corrected chi connectivity index (χ0v) is 17.8. The van der Waals surface area contributed by atoms with Gasteiger partial charge in [0.05, 0.1) is 36.4 Å². The maximum absolute atomic E-state index is 13.2. The molecule has 1 saturated heterocycles. The van der Waals surface area contributed by atoms with Crippen LogP contribution in [0.4, 0.5) is 26.3 Å². The molecule has 0 unspecified atom stereocenters. The third-order valence-electron chi connectivity index (χ3n) is 5.68. The number of nitrogens with zero attached hydrogens (tertiary/aromatic N) is 3. The minimum Gasteiger partial charge on any atom is -0.372 e. The van der Waals surface area contributed by atoms with Crippen LogP contribution in [0.25, 0.3) is 0 Å². The maximum atomic E-state index is 13.2. The molecule has 2 aromatic carbocycles. The number of piperidine rings is 1. The average molecular weight is 485 g/mol. The number of hydrogen-bond acceptors (Lipinski definition) is 5. The van der Waals surface area contributed by atoms with Crippen LogP contribution in [-0.2, 0) is 30.2 Å². The first-order valence-corrected chi connectivity index (χ1v) is 10.6. The van der Waals surface area contributed by atoms with Crippen molar-refractivity contribution in [3.05, 3.63) is 83.0 Å². The van der Waals surface area contributed by atoms with Gasteiger partial charge < -0.3 is 9.26 Å². The van der Waals surface area contributed by atoms with Crippen LogP contribution >= 0.6 is 0 Å². The molecule has 1 fully saturated rings. The van der Waals surface area contributed by atoms with Crippen molar-refractivity contribution < 1.29 is 35.6 Å². The van der Waals surface area contributed by atoms with Crippen LogP contribution in [0.3, 0.4) is 0 Å². The van der Waals surface area contributed by atoms with E-state index in [1.165, 1.54) is 6.39 Å². The molecule has 0 amide bonds. The van der Waals surface area contributed by atoms with Gasteiger partial charge in [0.25, 0.3) is 0 Å². The zero-order valence-electron chi connectivity index (χ0n) is 17.8. The molecule has 4 rings (SSSR count). The summed E-state index contributed by atoms with van der Waals surface area (Å²) in [6.07, 6.45) is -7.75. The molecular formula is C23H21F6N3O2. The lowest BCUT2D eigenvalue weighted by Crippen LogP contribution is -2.42. The molecule has 0 spiro atoms. The van der Waals surface area contributed by atoms with Gasteiger partial charge in [-0.2, -0.15) is 31.3 Å². The number of ether oxygens (including phenoxy) is 1. The smallest absolute Gasteiger partial charge is 0.372 e. The van der Waals surface area contributed by atoms with E-state index in [2.05, 4.69) is 15.0 Å². The van der Waals surface area contributed by atoms with Crippen molar-refractivity contribution in [2.45, 2.75) is 50.5 Å². The monoisotopic (exact) mass is 485 g/mol. The zero-order chi connectivity index (χ0) is 24.3. The summed E-state index contributed by atoms with van der Waals surface area (Å²) in [4.78, 5) is 6.12. The first-order valence-electron chi connectivity index (χ1n) is 10.6. The lowest BCUT2D eigenvalue weighted by molar-refractivity contribution is -0.143. The second-order valence-corrected chi connectivity index (χ2v) is 8.08. The number of likely N-dealkylation sites (tertiary alicyclic amines) is 1. The van der Waals surface area contributed by atoms with E-state index in [-0.39, 0.29) is 17.7 Å². The Hall–Kier alpha value is -2.92. The summed E-state index contributed by atoms with van der Waals surface area (Å²) in [5.74, 6) is 0.467. The Balaban J connectivity index is 1.59. The summed E-state index contributed by atoms with van der Waals surface area (Å²) >= 11 is 0. The maximum Gasteiger partial charge on any atom is 0.416 e. The molecule has 182 valence electrons. The molecule has 0 N–H and O–H groups in total. The van der Waals surface area contributed by atoms with E-state index in [4.69, 9.17) is 9.26 Å². The molecule has 0 radical (unpaired) electrons. The van der Waals surface area contributed by atoms with E-state index in [9.17, 15) is 26.3 Å². The SMILES string of the molecule is FC(F)(F)c1cc(CO[C@H]2CCCN(Cc3ncon3)[C@H]2c2ccccc2)cc(C(F)(F)F)c1. The molecule has 0 aliphatic carbocycles. The van der Waals surface area contributed by atoms with Crippen molar-refractivity contribution >= 4 is 0 Å². The minimum atomic E-state index is -4.91. The second-order valence-electron chi connectivity index (χ2n) is 8.08. The van der Waals surface area contributed by atoms with Crippen LogP contribution in [-0.4, -0.2) is 27.7 Å². The first-order chi connectivity index (χ1) is 16.1. The number of halogens is 6. The molecule has 11 heteroatoms. The van der Waals surface area contributed by atoms with Crippen molar-refractivity contribution in [2.75, 3.05) is 6.54 Å². The van der Waals surface area contributed by atoms with Gasteiger partial charge in [0.15, 0.2) is 5.82 Å². The van der Waals surface area contributed by atoms with Gasteiger partial charge in [0.2, 0.25) is 6.39 Å². The van der Waals surface area contributed by atoms with E-state index in [1.54, 1.807) is 0 Å². The molecule has 1 aliphatic heterocycles. The largest absolute Gasteiger partial charge is 0.416 e. The molecule has 0 saturated carbocycles. The Morgan fingerprint density at radius 3 is 2.24 bits per heavy atom. The van der Waals surface area contributed by atoms with Gasteiger partial charge in [-0.25, -0.2) is 0 Å². The summed E-state index contributed by atoms with van der Waals surface area (Å²) < 4.78 is 90.1. The quantitative estimate of drug-likeness (QED) is 0.399. The Morgan fingerprint density at radius 2 is 1.65 bits per heavy atom. The standard InChI is InChI=1S/C23H21F6N3O2/c24-22(25,26)17-9-15(10-18(11-17)23(27,28)29)13-33-19-7-4-8-32(12-20-30-14-34-31-20)21(19)16-5-2-1-3-6-16/h1-3,5-6,9-11,14,19,21H,4,7-8,12-13H2/t19-,21-/m0/s1. The van der Waals surface area contributed by atoms with Crippen molar-refractivity contribution in [3.8, 4) is 0 Å². The third kappa shape index (κ3) is 5.76. The molecule has 2 atom stereocenters. The molecule has 3 aromatic rings. The van der Waals surface area contributed by atoms with Crippen LogP contribution in [0.1, 0.15) is 47.0 Å². The van der Waals surface area contributed by atoms with Gasteiger partial charge in [0, 0.05) is 0 Å². The van der Waals surface area contributed by atoms with E-state index in [0.29, 0.717) is 37.5 Å². The number of rotatable bonds is 6. The summed E-state index contributed by atoms with van der Waals surface area (Å²) in [5.41, 5.74) is -1.99. The topological polar surface area (TPSA) is 51.4 Å². The molecule has 0 bridgehead atoms. The van der Waals surface area contributed by atoms with Crippen molar-refractivity contribution in [3.63, 3.8) is 0 Å². The molecule has 2 heterocycles. The highest BCUT2D eigenvalue weighted by Gasteiger charge is 2.38. The minimum absolute atomic E-state index is 0.115. The number of aromatic nitrogens is 2. The normalized spacial score (nSPS) is 19.9. The fourth-order valence-corrected chi connectivity index (χ4v) is 4.20. The Bertz CT molecular complexity index is 1040. The summed E-state index contributed by atoms with van der Waals surface area (Å²) in [7, 11) is 0. The molecule has 1 aliphatic rings. The highest BCUT2D eigenvalue weighted by molar-refractivity contribution is 5.33. The van der Waals surface area contributed by atoms with Crippen LogP contribution in [0.5, 0.6) is 0 Å². The average Bonchev–Trinajstić information content (AvgIpc) is 3.30. The summed E-state index contributed by atoms with van der Waals surface area (Å²) in [6.45, 7) is 0.657. The highest BCUT2D eigenvalue weighted by atomic mass is 19.4. The predicted octanol–water partition coefficient (Wildman–Crippen LogP) is 6.03. The fraction of sp³-hybridized carbons (Fsp3) is 0.391. The molecule has 5 nitrogen and oxygen atoms in total. The van der Waals surface area contributed by atoms with Crippen LogP contribution in [0, 0.1) is 0 Å². The molecule has 1 aromatic heterocycles. The Kier molecular flexibility index (Phi) is 6.94. The second kappa shape index (κ2) is 9.75. The number of hydrogen-bond donors (Lipinski definition) is 0. The summed E-state index contributed by atoms with van der Waals surface area (Å²) in [5, 5.41) is 3.84. The van der Waals surface area contributed by atoms with Crippen LogP contribution in [0.2, 0.25) is 0 Å². The van der Waals surface area contributed by atoms with E-state index < -0.39 is 36.2 Å². The predicted molar refractivity (Wildman–Crippen MR) is 108 cm³/mol. The van der Waals surface area contributed by atoms with Crippen LogP contribution < -0.4 is 0 Å². The number of alkyl halides is 6. The Labute approximate surface area is 191 Å². The van der Waals surface area contributed by atoms with Crippen molar-refractivity contribution in [1.82, 2.24) is 15.0 Å². The van der Waals surface area contributed by atoms with Crippen molar-refractivity contribution in [2.24, 2.45) is 0 Å². The van der Waals surface area contributed by atoms with Gasteiger partial charge in [0.1, 0.15) is 0 Å². The third-order valence-corrected chi connectivity index (χ3v) is 5.68. The van der Waals surface area contributed by atoms with Gasteiger partial charge in [-0.1, -0.05) is 35.5 Å². The van der Waals surface area contributed by atoms with Crippen LogP contribution in [0.15, 0.2) is 59.4 Å². The van der Waals surface area contributed by atoms with Gasteiger partial charge >= 0.3 is 12.4 Å². The highest BCUT2D eigenvalue weighted by Crippen LogP contribution is 2.38. The van der Waals surface area contributed by atoms with E-state index in [1.807, 2.05) is 30.3 Å². The van der Waals surface area contributed by atoms with E-state index in [0.717, 1.165) is 12.0 Å². The summed E-state index contributed by atoms with van der Waals surface area (Å²) in [6, 6.07) is 10.6. The van der Waals surface area contributed by atoms with Gasteiger partial charge in [-0.15, -0.1) is 0 Å². The fourth-order valence-electron chi connectivity index (χ4n) is 4.20. The Morgan fingerprint density at radius 1 is 0.971 bits per heavy atom. The lowest BCUT2D eigenvalue weighted by atomic mass is 9.92. The number of benzene rings is 2. The molecular weight excluding hydrogens is 464 g/mol. The van der Waals surface area contributed by atoms with Gasteiger partial charge in [-0.3, -0.25) is 4.90 Å². The molecule has 34 heavy (non-hydrogen) atoms. The first kappa shape index (κ1) is 24.2.